The van der Waals surface area contributed by atoms with E-state index < -0.39 is 0 Å². The van der Waals surface area contributed by atoms with Crippen LogP contribution in [-0.2, 0) is 11.3 Å². The summed E-state index contributed by atoms with van der Waals surface area (Å²) in [5.74, 6) is 0. The van der Waals surface area contributed by atoms with E-state index in [1.165, 1.54) is 37.9 Å². The van der Waals surface area contributed by atoms with Crippen LogP contribution in [0.15, 0.2) is 30.7 Å². The Morgan fingerprint density at radius 2 is 2.37 bits per heavy atom. The minimum atomic E-state index is 0.455. The lowest BCUT2D eigenvalue weighted by Gasteiger charge is -2.44. The lowest BCUT2D eigenvalue weighted by Crippen LogP contribution is -2.43. The molecule has 2 aliphatic rings. The van der Waals surface area contributed by atoms with Crippen LogP contribution in [0.1, 0.15) is 24.8 Å². The van der Waals surface area contributed by atoms with Gasteiger partial charge >= 0.3 is 0 Å². The fourth-order valence-corrected chi connectivity index (χ4v) is 3.42. The van der Waals surface area contributed by atoms with E-state index in [1.807, 2.05) is 23.0 Å². The van der Waals surface area contributed by atoms with Crippen LogP contribution < -0.4 is 5.32 Å². The molecule has 3 heterocycles. The number of nitrogens with zero attached hydrogens (tertiary/aromatic N) is 2. The van der Waals surface area contributed by atoms with Crippen LogP contribution in [0.5, 0.6) is 0 Å². The second-order valence-corrected chi connectivity index (χ2v) is 6.00. The minimum absolute atomic E-state index is 0.455. The summed E-state index contributed by atoms with van der Waals surface area (Å²) in [4.78, 5) is 4.30. The molecule has 1 saturated carbocycles. The summed E-state index contributed by atoms with van der Waals surface area (Å²) in [6.45, 7) is 3.08. The van der Waals surface area contributed by atoms with Crippen molar-refractivity contribution in [3.8, 4) is 0 Å². The zero-order valence-corrected chi connectivity index (χ0v) is 11.0. The van der Waals surface area contributed by atoms with Gasteiger partial charge in [0, 0.05) is 25.1 Å². The molecule has 2 aromatic heterocycles. The molecule has 100 valence electrons. The smallest absolute Gasteiger partial charge is 0.136 e. The van der Waals surface area contributed by atoms with E-state index in [0.717, 1.165) is 5.65 Å². The van der Waals surface area contributed by atoms with Crippen molar-refractivity contribution in [1.82, 2.24) is 14.7 Å². The number of hydrogen-bond acceptors (Lipinski definition) is 3. The predicted molar refractivity (Wildman–Crippen MR) is 72.9 cm³/mol. The van der Waals surface area contributed by atoms with Crippen LogP contribution in [0.4, 0.5) is 0 Å². The minimum Gasteiger partial charge on any atom is -0.373 e. The third-order valence-corrected chi connectivity index (χ3v) is 4.60. The second-order valence-electron chi connectivity index (χ2n) is 6.00. The summed E-state index contributed by atoms with van der Waals surface area (Å²) >= 11 is 0. The highest BCUT2D eigenvalue weighted by atomic mass is 16.5. The maximum atomic E-state index is 6.01. The summed E-state index contributed by atoms with van der Waals surface area (Å²) in [7, 11) is 0. The Morgan fingerprint density at radius 1 is 1.42 bits per heavy atom. The number of fused-ring (bicyclic) bond motifs is 1. The molecule has 4 rings (SSSR count). The average Bonchev–Trinajstić information content (AvgIpc) is 3.03. The number of ether oxygens (including phenoxy) is 1. The van der Waals surface area contributed by atoms with Crippen LogP contribution >= 0.6 is 0 Å². The molecule has 1 aliphatic carbocycles. The van der Waals surface area contributed by atoms with Gasteiger partial charge in [-0.2, -0.15) is 0 Å². The highest BCUT2D eigenvalue weighted by molar-refractivity contribution is 5.40. The van der Waals surface area contributed by atoms with Gasteiger partial charge in [-0.25, -0.2) is 4.98 Å². The van der Waals surface area contributed by atoms with Crippen molar-refractivity contribution >= 4 is 5.65 Å². The Kier molecular flexibility index (Phi) is 2.60. The summed E-state index contributed by atoms with van der Waals surface area (Å²) in [6.07, 6.45) is 10.1. The van der Waals surface area contributed by atoms with Gasteiger partial charge in [-0.15, -0.1) is 0 Å². The number of rotatable bonds is 3. The highest BCUT2D eigenvalue weighted by Gasteiger charge is 2.46. The molecule has 2 fully saturated rings. The van der Waals surface area contributed by atoms with Crippen LogP contribution in [0, 0.1) is 5.41 Å². The summed E-state index contributed by atoms with van der Waals surface area (Å²) in [6, 6.07) is 4.21. The van der Waals surface area contributed by atoms with Crippen LogP contribution in [0.2, 0.25) is 0 Å². The van der Waals surface area contributed by atoms with Gasteiger partial charge in [-0.05, 0) is 48.9 Å². The number of aromatic nitrogens is 2. The van der Waals surface area contributed by atoms with Crippen molar-refractivity contribution in [3.05, 3.63) is 36.3 Å². The Balaban J connectivity index is 1.35. The molecular weight excluding hydrogens is 238 g/mol. The molecule has 0 bridgehead atoms. The predicted octanol–water partition coefficient (Wildman–Crippen LogP) is 1.99. The van der Waals surface area contributed by atoms with Crippen molar-refractivity contribution in [2.24, 2.45) is 5.41 Å². The average molecular weight is 257 g/mol. The first-order valence-corrected chi connectivity index (χ1v) is 7.07. The van der Waals surface area contributed by atoms with E-state index in [9.17, 15) is 0 Å². The topological polar surface area (TPSA) is 38.6 Å². The largest absolute Gasteiger partial charge is 0.373 e. The van der Waals surface area contributed by atoms with Gasteiger partial charge in [0.1, 0.15) is 5.65 Å². The van der Waals surface area contributed by atoms with Gasteiger partial charge in [0.2, 0.25) is 0 Å². The lowest BCUT2D eigenvalue weighted by molar-refractivity contribution is -0.0801. The number of nitrogens with one attached hydrogen (secondary N) is 1. The van der Waals surface area contributed by atoms with Crippen LogP contribution in [-0.4, -0.2) is 28.6 Å². The SMILES string of the molecule is c1cn2ccc(COC3CC4(CCNC4)C3)cc2n1. The fraction of sp³-hybridized carbons (Fsp3) is 0.533. The van der Waals surface area contributed by atoms with Crippen molar-refractivity contribution in [1.29, 1.82) is 0 Å². The normalized spacial score (nSPS) is 30.0. The van der Waals surface area contributed by atoms with E-state index in [-0.39, 0.29) is 0 Å². The first-order chi connectivity index (χ1) is 9.33. The number of hydrogen-bond donors (Lipinski definition) is 1. The fourth-order valence-electron chi connectivity index (χ4n) is 3.42. The molecule has 2 aromatic rings. The standard InChI is InChI=1S/C15H19N3O/c1-5-18-6-4-17-14(18)7-12(1)10-19-13-8-15(9-13)2-3-16-11-15/h1,4-7,13,16H,2-3,8-11H2. The number of imidazole rings is 1. The van der Waals surface area contributed by atoms with Crippen LogP contribution in [0.3, 0.4) is 0 Å². The molecule has 0 amide bonds. The van der Waals surface area contributed by atoms with Crippen LogP contribution in [0.25, 0.3) is 5.65 Å². The Labute approximate surface area is 112 Å². The van der Waals surface area contributed by atoms with Gasteiger partial charge in [0.05, 0.1) is 12.7 Å². The first kappa shape index (κ1) is 11.4. The maximum Gasteiger partial charge on any atom is 0.136 e. The van der Waals surface area contributed by atoms with Crippen molar-refractivity contribution in [2.45, 2.75) is 32.0 Å². The van der Waals surface area contributed by atoms with Crippen molar-refractivity contribution in [3.63, 3.8) is 0 Å². The van der Waals surface area contributed by atoms with E-state index in [4.69, 9.17) is 4.74 Å². The van der Waals surface area contributed by atoms with Gasteiger partial charge in [-0.1, -0.05) is 0 Å². The molecule has 1 N–H and O–H groups in total. The Morgan fingerprint density at radius 3 is 3.21 bits per heavy atom. The Bertz CT molecular complexity index is 578. The zero-order valence-electron chi connectivity index (χ0n) is 11.0. The molecule has 4 nitrogen and oxygen atoms in total. The number of pyridine rings is 1. The van der Waals surface area contributed by atoms with Crippen molar-refractivity contribution in [2.75, 3.05) is 13.1 Å². The molecule has 4 heteroatoms. The molecule has 1 aliphatic heterocycles. The highest BCUT2D eigenvalue weighted by Crippen LogP contribution is 2.47. The molecule has 1 spiro atoms. The molecule has 0 radical (unpaired) electrons. The monoisotopic (exact) mass is 257 g/mol. The second kappa shape index (κ2) is 4.32. The van der Waals surface area contributed by atoms with E-state index in [1.54, 1.807) is 0 Å². The third-order valence-electron chi connectivity index (χ3n) is 4.60. The first-order valence-electron chi connectivity index (χ1n) is 7.07. The van der Waals surface area contributed by atoms with E-state index in [0.29, 0.717) is 18.1 Å². The maximum absolute atomic E-state index is 6.01. The molecule has 19 heavy (non-hydrogen) atoms. The summed E-state index contributed by atoms with van der Waals surface area (Å²) in [5.41, 5.74) is 2.77. The zero-order chi connectivity index (χ0) is 12.7. The van der Waals surface area contributed by atoms with Gasteiger partial charge < -0.3 is 14.5 Å². The summed E-state index contributed by atoms with van der Waals surface area (Å²) < 4.78 is 8.03. The van der Waals surface area contributed by atoms with E-state index in [2.05, 4.69) is 22.4 Å². The Hall–Kier alpha value is -1.39. The van der Waals surface area contributed by atoms with Gasteiger partial charge in [0.25, 0.3) is 0 Å². The summed E-state index contributed by atoms with van der Waals surface area (Å²) in [5, 5.41) is 3.46. The quantitative estimate of drug-likeness (QED) is 0.914. The lowest BCUT2D eigenvalue weighted by atomic mass is 9.66. The molecule has 0 unspecified atom stereocenters. The van der Waals surface area contributed by atoms with Gasteiger partial charge in [-0.3, -0.25) is 0 Å². The molecular formula is C15H19N3O. The van der Waals surface area contributed by atoms with E-state index >= 15 is 0 Å². The van der Waals surface area contributed by atoms with Crippen molar-refractivity contribution < 1.29 is 4.74 Å². The third kappa shape index (κ3) is 2.05. The molecule has 0 atom stereocenters. The molecule has 1 saturated heterocycles. The molecule has 0 aromatic carbocycles. The van der Waals surface area contributed by atoms with Gasteiger partial charge in [0.15, 0.2) is 0 Å².